The summed E-state index contributed by atoms with van der Waals surface area (Å²) in [5.74, 6) is -2.82. The first kappa shape index (κ1) is 9.32. The number of hydrogen-bond donors (Lipinski definition) is 2. The van der Waals surface area contributed by atoms with E-state index in [4.69, 9.17) is 5.11 Å². The van der Waals surface area contributed by atoms with Crippen molar-refractivity contribution in [2.24, 2.45) is 0 Å². The standard InChI is InChI=1S/C8H8F2OS/c1-4(12)5-2-3-6(9)8(11)7(5)10/h2-4,11-12H,1H3. The molecule has 66 valence electrons. The molecule has 4 heteroatoms. The molecule has 1 nitrogen and oxygen atoms in total. The van der Waals surface area contributed by atoms with Crippen LogP contribution in [0.25, 0.3) is 0 Å². The summed E-state index contributed by atoms with van der Waals surface area (Å²) >= 11 is 3.97. The number of rotatable bonds is 1. The second-order valence-electron chi connectivity index (χ2n) is 2.48. The van der Waals surface area contributed by atoms with Gasteiger partial charge < -0.3 is 5.11 Å². The predicted octanol–water partition coefficient (Wildman–Crippen LogP) is 2.66. The second-order valence-corrected chi connectivity index (χ2v) is 3.25. The largest absolute Gasteiger partial charge is 0.503 e. The van der Waals surface area contributed by atoms with E-state index in [1.807, 2.05) is 0 Å². The Hall–Kier alpha value is -0.770. The van der Waals surface area contributed by atoms with Crippen molar-refractivity contribution in [1.82, 2.24) is 0 Å². The van der Waals surface area contributed by atoms with Crippen LogP contribution in [0.15, 0.2) is 12.1 Å². The third kappa shape index (κ3) is 1.53. The van der Waals surface area contributed by atoms with E-state index in [-0.39, 0.29) is 10.8 Å². The first-order valence-corrected chi connectivity index (χ1v) is 3.90. The molecule has 0 aliphatic rings. The summed E-state index contributed by atoms with van der Waals surface area (Å²) in [7, 11) is 0. The summed E-state index contributed by atoms with van der Waals surface area (Å²) in [6.07, 6.45) is 0. The molecule has 1 unspecified atom stereocenters. The van der Waals surface area contributed by atoms with Crippen molar-refractivity contribution in [3.63, 3.8) is 0 Å². The zero-order valence-electron chi connectivity index (χ0n) is 6.38. The summed E-state index contributed by atoms with van der Waals surface area (Å²) < 4.78 is 25.5. The van der Waals surface area contributed by atoms with Crippen LogP contribution < -0.4 is 0 Å². The van der Waals surface area contributed by atoms with Crippen LogP contribution in [0, 0.1) is 11.6 Å². The van der Waals surface area contributed by atoms with Crippen LogP contribution in [-0.4, -0.2) is 5.11 Å². The lowest BCUT2D eigenvalue weighted by atomic mass is 10.1. The summed E-state index contributed by atoms with van der Waals surface area (Å²) in [5.41, 5.74) is 0.192. The zero-order chi connectivity index (χ0) is 9.30. The molecular weight excluding hydrogens is 182 g/mol. The van der Waals surface area contributed by atoms with Gasteiger partial charge >= 0.3 is 0 Å². The molecule has 1 aromatic rings. The van der Waals surface area contributed by atoms with Gasteiger partial charge in [0.15, 0.2) is 17.4 Å². The molecule has 0 aliphatic heterocycles. The van der Waals surface area contributed by atoms with Crippen molar-refractivity contribution in [3.8, 4) is 5.75 Å². The number of halogens is 2. The fourth-order valence-electron chi connectivity index (χ4n) is 0.879. The van der Waals surface area contributed by atoms with Crippen molar-refractivity contribution >= 4 is 12.6 Å². The highest BCUT2D eigenvalue weighted by molar-refractivity contribution is 7.80. The summed E-state index contributed by atoms with van der Waals surface area (Å²) in [4.78, 5) is 0. The SMILES string of the molecule is CC(S)c1ccc(F)c(O)c1F. The topological polar surface area (TPSA) is 20.2 Å². The van der Waals surface area contributed by atoms with Gasteiger partial charge in [0.25, 0.3) is 0 Å². The fourth-order valence-corrected chi connectivity index (χ4v) is 1.08. The Balaban J connectivity index is 3.27. The van der Waals surface area contributed by atoms with Gasteiger partial charge in [0.1, 0.15) is 0 Å². The van der Waals surface area contributed by atoms with Gasteiger partial charge in [0.05, 0.1) is 0 Å². The van der Waals surface area contributed by atoms with Gasteiger partial charge in [-0.1, -0.05) is 6.07 Å². The van der Waals surface area contributed by atoms with Crippen LogP contribution in [0.2, 0.25) is 0 Å². The molecule has 0 bridgehead atoms. The minimum absolute atomic E-state index is 0.192. The smallest absolute Gasteiger partial charge is 0.188 e. The average Bonchev–Trinajstić information content (AvgIpc) is 2.00. The Morgan fingerprint density at radius 3 is 2.50 bits per heavy atom. The average molecular weight is 190 g/mol. The van der Waals surface area contributed by atoms with E-state index in [1.165, 1.54) is 6.07 Å². The number of benzene rings is 1. The lowest BCUT2D eigenvalue weighted by molar-refractivity contribution is 0.393. The second kappa shape index (κ2) is 3.31. The van der Waals surface area contributed by atoms with Gasteiger partial charge in [0.2, 0.25) is 0 Å². The van der Waals surface area contributed by atoms with Gasteiger partial charge in [-0.15, -0.1) is 0 Å². The predicted molar refractivity (Wildman–Crippen MR) is 45.4 cm³/mol. The molecule has 1 atom stereocenters. The van der Waals surface area contributed by atoms with Gasteiger partial charge in [0, 0.05) is 10.8 Å². The molecule has 1 aromatic carbocycles. The highest BCUT2D eigenvalue weighted by Crippen LogP contribution is 2.29. The molecular formula is C8H8F2OS. The molecule has 0 heterocycles. The Bertz CT molecular complexity index is 299. The van der Waals surface area contributed by atoms with Crippen molar-refractivity contribution < 1.29 is 13.9 Å². The van der Waals surface area contributed by atoms with Gasteiger partial charge in [-0.25, -0.2) is 8.78 Å². The quantitative estimate of drug-likeness (QED) is 0.652. The molecule has 0 aliphatic carbocycles. The Labute approximate surface area is 74.4 Å². The lowest BCUT2D eigenvalue weighted by Gasteiger charge is -2.07. The van der Waals surface area contributed by atoms with E-state index < -0.39 is 17.4 Å². The molecule has 0 spiro atoms. The minimum atomic E-state index is -0.953. The van der Waals surface area contributed by atoms with Crippen LogP contribution in [0.3, 0.4) is 0 Å². The van der Waals surface area contributed by atoms with Crippen molar-refractivity contribution in [1.29, 1.82) is 0 Å². The molecule has 0 saturated heterocycles. The summed E-state index contributed by atoms with van der Waals surface area (Å²) in [6.45, 7) is 1.64. The molecule has 12 heavy (non-hydrogen) atoms. The van der Waals surface area contributed by atoms with E-state index in [0.717, 1.165) is 6.07 Å². The highest BCUT2D eigenvalue weighted by atomic mass is 32.1. The van der Waals surface area contributed by atoms with Gasteiger partial charge in [-0.2, -0.15) is 12.6 Å². The Kier molecular flexibility index (Phi) is 2.57. The van der Waals surface area contributed by atoms with E-state index in [1.54, 1.807) is 6.92 Å². The molecule has 0 saturated carbocycles. The molecule has 0 aromatic heterocycles. The van der Waals surface area contributed by atoms with Crippen LogP contribution in [-0.2, 0) is 0 Å². The number of phenols is 1. The molecule has 0 fully saturated rings. The van der Waals surface area contributed by atoms with Gasteiger partial charge in [-0.3, -0.25) is 0 Å². The van der Waals surface area contributed by atoms with Crippen molar-refractivity contribution in [3.05, 3.63) is 29.3 Å². The molecule has 0 radical (unpaired) electrons. The van der Waals surface area contributed by atoms with Crippen LogP contribution >= 0.6 is 12.6 Å². The van der Waals surface area contributed by atoms with Crippen LogP contribution in [0.4, 0.5) is 8.78 Å². The molecule has 1 N–H and O–H groups in total. The Morgan fingerprint density at radius 2 is 2.00 bits per heavy atom. The number of thiol groups is 1. The zero-order valence-corrected chi connectivity index (χ0v) is 7.28. The third-order valence-corrected chi connectivity index (χ3v) is 1.83. The maximum atomic E-state index is 13.0. The maximum Gasteiger partial charge on any atom is 0.188 e. The van der Waals surface area contributed by atoms with Crippen molar-refractivity contribution in [2.75, 3.05) is 0 Å². The van der Waals surface area contributed by atoms with E-state index in [0.29, 0.717) is 0 Å². The highest BCUT2D eigenvalue weighted by Gasteiger charge is 2.14. The first-order chi connectivity index (χ1) is 5.54. The maximum absolute atomic E-state index is 13.0. The van der Waals surface area contributed by atoms with E-state index in [9.17, 15) is 8.78 Å². The van der Waals surface area contributed by atoms with E-state index >= 15 is 0 Å². The Morgan fingerprint density at radius 1 is 1.42 bits per heavy atom. The van der Waals surface area contributed by atoms with Crippen LogP contribution in [0.5, 0.6) is 5.75 Å². The number of phenolic OH excluding ortho intramolecular Hbond substituents is 1. The lowest BCUT2D eigenvalue weighted by Crippen LogP contribution is -1.93. The van der Waals surface area contributed by atoms with Gasteiger partial charge in [-0.05, 0) is 13.0 Å². The minimum Gasteiger partial charge on any atom is -0.503 e. The van der Waals surface area contributed by atoms with E-state index in [2.05, 4.69) is 12.6 Å². The fraction of sp³-hybridized carbons (Fsp3) is 0.250. The number of hydrogen-bond acceptors (Lipinski definition) is 2. The monoisotopic (exact) mass is 190 g/mol. The normalized spacial score (nSPS) is 13.0. The first-order valence-electron chi connectivity index (χ1n) is 3.39. The van der Waals surface area contributed by atoms with Crippen molar-refractivity contribution in [2.45, 2.75) is 12.2 Å². The number of aromatic hydroxyl groups is 1. The molecule has 1 rings (SSSR count). The third-order valence-electron chi connectivity index (χ3n) is 1.55. The molecule has 0 amide bonds. The van der Waals surface area contributed by atoms with Crippen LogP contribution in [0.1, 0.15) is 17.7 Å². The summed E-state index contributed by atoms with van der Waals surface area (Å²) in [6, 6.07) is 2.28. The summed E-state index contributed by atoms with van der Waals surface area (Å²) in [5, 5.41) is 8.49.